The van der Waals surface area contributed by atoms with Crippen molar-refractivity contribution in [3.63, 3.8) is 0 Å². The van der Waals surface area contributed by atoms with E-state index in [2.05, 4.69) is 15.9 Å². The molecule has 1 aromatic heterocycles. The van der Waals surface area contributed by atoms with E-state index in [1.54, 1.807) is 46.8 Å². The molecule has 1 heterocycles. The first-order chi connectivity index (χ1) is 10.7. The van der Waals surface area contributed by atoms with Crippen molar-refractivity contribution < 1.29 is 23.5 Å². The Balaban J connectivity index is 2.51. The fourth-order valence-corrected chi connectivity index (χ4v) is 2.46. The van der Waals surface area contributed by atoms with E-state index >= 15 is 0 Å². The zero-order valence-electron chi connectivity index (χ0n) is 13.7. The van der Waals surface area contributed by atoms with Crippen LogP contribution in [0.5, 0.6) is 5.75 Å². The second kappa shape index (κ2) is 6.74. The molecular weight excluding hydrogens is 364 g/mol. The minimum Gasteiger partial charge on any atom is -0.460 e. The Bertz CT molecular complexity index is 758. The van der Waals surface area contributed by atoms with Crippen LogP contribution in [0, 0.1) is 12.8 Å². The van der Waals surface area contributed by atoms with Crippen LogP contribution in [-0.4, -0.2) is 18.0 Å². The van der Waals surface area contributed by atoms with Gasteiger partial charge in [-0.3, -0.25) is 4.79 Å². The first-order valence-electron chi connectivity index (χ1n) is 7.36. The Hall–Kier alpha value is -1.82. The molecule has 0 spiro atoms. The molecule has 0 radical (unpaired) electrons. The van der Waals surface area contributed by atoms with E-state index in [0.29, 0.717) is 32.5 Å². The second-order valence-corrected chi connectivity index (χ2v) is 6.70. The number of esters is 2. The zero-order valence-corrected chi connectivity index (χ0v) is 15.3. The number of rotatable bonds is 4. The lowest BCUT2D eigenvalue weighted by atomic mass is 10.1. The van der Waals surface area contributed by atoms with Gasteiger partial charge in [0.25, 0.3) is 0 Å². The van der Waals surface area contributed by atoms with Gasteiger partial charge in [0.15, 0.2) is 0 Å². The number of hydrogen-bond acceptors (Lipinski definition) is 5. The summed E-state index contributed by atoms with van der Waals surface area (Å²) in [5, 5.41) is 0.558. The third kappa shape index (κ3) is 3.75. The molecule has 0 fully saturated rings. The highest BCUT2D eigenvalue weighted by Gasteiger charge is 2.23. The summed E-state index contributed by atoms with van der Waals surface area (Å²) in [5.74, 6) is -0.258. The maximum Gasteiger partial charge on any atom is 0.342 e. The molecule has 0 saturated heterocycles. The van der Waals surface area contributed by atoms with Gasteiger partial charge in [-0.2, -0.15) is 0 Å². The minimum atomic E-state index is -0.459. The average molecular weight is 383 g/mol. The van der Waals surface area contributed by atoms with E-state index in [-0.39, 0.29) is 18.0 Å². The number of benzene rings is 1. The van der Waals surface area contributed by atoms with Gasteiger partial charge in [-0.15, -0.1) is 0 Å². The normalized spacial score (nSPS) is 11.3. The molecule has 1 aromatic carbocycles. The molecule has 0 aliphatic rings. The molecule has 0 atom stereocenters. The summed E-state index contributed by atoms with van der Waals surface area (Å²) in [6.07, 6.45) is -0.236. The third-order valence-electron chi connectivity index (χ3n) is 3.15. The molecule has 6 heteroatoms. The van der Waals surface area contributed by atoms with E-state index < -0.39 is 5.97 Å². The number of halogens is 1. The summed E-state index contributed by atoms with van der Waals surface area (Å²) in [5.41, 5.74) is 0.873. The maximum absolute atomic E-state index is 12.3. The predicted molar refractivity (Wildman–Crippen MR) is 89.7 cm³/mol. The van der Waals surface area contributed by atoms with E-state index in [4.69, 9.17) is 13.9 Å². The Kier molecular flexibility index (Phi) is 5.14. The van der Waals surface area contributed by atoms with Crippen molar-refractivity contribution in [2.75, 3.05) is 0 Å². The van der Waals surface area contributed by atoms with Crippen molar-refractivity contribution in [1.29, 1.82) is 0 Å². The Morgan fingerprint density at radius 2 is 1.83 bits per heavy atom. The fourth-order valence-electron chi connectivity index (χ4n) is 2.05. The van der Waals surface area contributed by atoms with Gasteiger partial charge < -0.3 is 13.9 Å². The van der Waals surface area contributed by atoms with Gasteiger partial charge >= 0.3 is 11.9 Å². The van der Waals surface area contributed by atoms with Gasteiger partial charge in [0, 0.05) is 5.39 Å². The maximum atomic E-state index is 12.3. The van der Waals surface area contributed by atoms with Gasteiger partial charge in [0.05, 0.1) is 16.5 Å². The molecule has 0 aliphatic heterocycles. The van der Waals surface area contributed by atoms with Gasteiger partial charge in [-0.1, -0.05) is 13.8 Å². The summed E-state index contributed by atoms with van der Waals surface area (Å²) in [6, 6.07) is 3.30. The van der Waals surface area contributed by atoms with Gasteiger partial charge in [-0.05, 0) is 48.8 Å². The van der Waals surface area contributed by atoms with Crippen LogP contribution >= 0.6 is 15.9 Å². The molecular formula is C17H19BrO5. The van der Waals surface area contributed by atoms with Crippen LogP contribution in [0.1, 0.15) is 43.8 Å². The Labute approximate surface area is 143 Å². The molecule has 0 bridgehead atoms. The molecule has 0 aliphatic carbocycles. The standard InChI is InChI=1S/C17H19BrO5/c1-8(2)16(19)23-14-6-11-13(7-12(14)18)22-10(5)15(11)17(20)21-9(3)4/h6-9H,1-5H3. The molecule has 23 heavy (non-hydrogen) atoms. The van der Waals surface area contributed by atoms with E-state index in [0.717, 1.165) is 0 Å². The highest BCUT2D eigenvalue weighted by molar-refractivity contribution is 9.10. The number of ether oxygens (including phenoxy) is 2. The van der Waals surface area contributed by atoms with Gasteiger partial charge in [0.2, 0.25) is 0 Å². The quantitative estimate of drug-likeness (QED) is 0.569. The van der Waals surface area contributed by atoms with Crippen molar-refractivity contribution in [3.8, 4) is 5.75 Å². The van der Waals surface area contributed by atoms with Crippen molar-refractivity contribution in [1.82, 2.24) is 0 Å². The van der Waals surface area contributed by atoms with Crippen LogP contribution in [0.25, 0.3) is 11.0 Å². The smallest absolute Gasteiger partial charge is 0.342 e. The van der Waals surface area contributed by atoms with Crippen molar-refractivity contribution in [3.05, 3.63) is 27.9 Å². The molecule has 2 rings (SSSR count). The Morgan fingerprint density at radius 3 is 2.39 bits per heavy atom. The van der Waals surface area contributed by atoms with E-state index in [9.17, 15) is 9.59 Å². The van der Waals surface area contributed by atoms with Crippen molar-refractivity contribution in [2.45, 2.75) is 40.7 Å². The topological polar surface area (TPSA) is 65.7 Å². The average Bonchev–Trinajstić information content (AvgIpc) is 2.73. The number of aryl methyl sites for hydroxylation is 1. The molecule has 0 N–H and O–H groups in total. The molecule has 2 aromatic rings. The van der Waals surface area contributed by atoms with Crippen LogP contribution < -0.4 is 4.74 Å². The molecule has 0 saturated carbocycles. The van der Waals surface area contributed by atoms with Crippen molar-refractivity contribution >= 4 is 38.8 Å². The summed E-state index contributed by atoms with van der Waals surface area (Å²) in [7, 11) is 0. The highest BCUT2D eigenvalue weighted by atomic mass is 79.9. The molecule has 124 valence electrons. The van der Waals surface area contributed by atoms with Gasteiger partial charge in [-0.25, -0.2) is 4.79 Å². The monoisotopic (exact) mass is 382 g/mol. The van der Waals surface area contributed by atoms with Crippen LogP contribution in [-0.2, 0) is 9.53 Å². The van der Waals surface area contributed by atoms with Crippen molar-refractivity contribution in [2.24, 2.45) is 5.92 Å². The highest BCUT2D eigenvalue weighted by Crippen LogP contribution is 2.35. The summed E-state index contributed by atoms with van der Waals surface area (Å²) < 4.78 is 16.8. The van der Waals surface area contributed by atoms with E-state index in [1.807, 2.05) is 0 Å². The molecule has 0 amide bonds. The van der Waals surface area contributed by atoms with Crippen LogP contribution in [0.15, 0.2) is 21.0 Å². The van der Waals surface area contributed by atoms with Crippen LogP contribution in [0.3, 0.4) is 0 Å². The number of hydrogen-bond donors (Lipinski definition) is 0. The predicted octanol–water partition coefficient (Wildman–Crippen LogP) is 4.63. The molecule has 0 unspecified atom stereocenters. The third-order valence-corrected chi connectivity index (χ3v) is 3.77. The minimum absolute atomic E-state index is 0.236. The number of carbonyl (C=O) groups is 2. The lowest BCUT2D eigenvalue weighted by Crippen LogP contribution is -2.15. The Morgan fingerprint density at radius 1 is 1.17 bits per heavy atom. The number of furan rings is 1. The van der Waals surface area contributed by atoms with Crippen LogP contribution in [0.2, 0.25) is 0 Å². The van der Waals surface area contributed by atoms with Crippen LogP contribution in [0.4, 0.5) is 0 Å². The lowest BCUT2D eigenvalue weighted by Gasteiger charge is -2.09. The largest absolute Gasteiger partial charge is 0.460 e. The second-order valence-electron chi connectivity index (χ2n) is 5.84. The zero-order chi connectivity index (χ0) is 17.3. The van der Waals surface area contributed by atoms with Gasteiger partial charge in [0.1, 0.15) is 22.7 Å². The summed E-state index contributed by atoms with van der Waals surface area (Å²) >= 11 is 3.35. The molecule has 5 nitrogen and oxygen atoms in total. The first-order valence-corrected chi connectivity index (χ1v) is 8.15. The number of carbonyl (C=O) groups excluding carboxylic acids is 2. The fraction of sp³-hybridized carbons (Fsp3) is 0.412. The lowest BCUT2D eigenvalue weighted by molar-refractivity contribution is -0.137. The number of fused-ring (bicyclic) bond motifs is 1. The van der Waals surface area contributed by atoms with E-state index in [1.165, 1.54) is 0 Å². The first kappa shape index (κ1) is 17.5. The summed E-state index contributed by atoms with van der Waals surface area (Å²) in [4.78, 5) is 24.1. The SMILES string of the molecule is Cc1oc2cc(Br)c(OC(=O)C(C)C)cc2c1C(=O)OC(C)C. The summed E-state index contributed by atoms with van der Waals surface area (Å²) in [6.45, 7) is 8.76.